The van der Waals surface area contributed by atoms with Crippen molar-refractivity contribution in [1.29, 1.82) is 0 Å². The predicted octanol–water partition coefficient (Wildman–Crippen LogP) is 2.94. The fraction of sp³-hybridized carbons (Fsp3) is 0.556. The summed E-state index contributed by atoms with van der Waals surface area (Å²) in [7, 11) is -5.43. The zero-order valence-corrected chi connectivity index (χ0v) is 10.4. The van der Waals surface area contributed by atoms with Gasteiger partial charge in [-0.15, -0.1) is 0 Å². The third kappa shape index (κ3) is 4.64. The normalized spacial score (nSPS) is 12.9. The maximum absolute atomic E-state index is 11.9. The highest BCUT2D eigenvalue weighted by molar-refractivity contribution is 7.87. The maximum Gasteiger partial charge on any atom is 0.523 e. The summed E-state index contributed by atoms with van der Waals surface area (Å²) in [4.78, 5) is 0. The molecular formula is C9H11F3O3S2. The summed E-state index contributed by atoms with van der Waals surface area (Å²) in [5.41, 5.74) is -4.24. The highest BCUT2D eigenvalue weighted by atomic mass is 32.2. The third-order valence-corrected chi connectivity index (χ3v) is 3.74. The number of rotatable bonds is 6. The monoisotopic (exact) mass is 288 g/mol. The lowest BCUT2D eigenvalue weighted by atomic mass is 10.1. The molecule has 0 spiro atoms. The number of unbranched alkanes of at least 4 members (excludes halogenated alkanes) is 1. The number of thiophene rings is 1. The molecule has 3 nitrogen and oxygen atoms in total. The van der Waals surface area contributed by atoms with Crippen molar-refractivity contribution in [1.82, 2.24) is 0 Å². The molecule has 8 heteroatoms. The van der Waals surface area contributed by atoms with Gasteiger partial charge in [0.15, 0.2) is 0 Å². The fourth-order valence-electron chi connectivity index (χ4n) is 1.10. The minimum absolute atomic E-state index is 0.269. The van der Waals surface area contributed by atoms with E-state index in [1.807, 2.05) is 16.8 Å². The molecule has 98 valence electrons. The van der Waals surface area contributed by atoms with E-state index in [1.165, 1.54) is 11.3 Å². The van der Waals surface area contributed by atoms with Gasteiger partial charge in [-0.3, -0.25) is 4.18 Å². The molecule has 0 saturated carbocycles. The second-order valence-corrected chi connectivity index (χ2v) is 5.70. The van der Waals surface area contributed by atoms with Crippen LogP contribution in [0.25, 0.3) is 0 Å². The molecule has 0 saturated heterocycles. The molecule has 17 heavy (non-hydrogen) atoms. The molecule has 1 aromatic heterocycles. The van der Waals surface area contributed by atoms with Crippen molar-refractivity contribution in [3.8, 4) is 0 Å². The lowest BCUT2D eigenvalue weighted by Gasteiger charge is -2.07. The molecule has 0 amide bonds. The molecule has 0 aliphatic rings. The lowest BCUT2D eigenvalue weighted by Crippen LogP contribution is -2.25. The topological polar surface area (TPSA) is 43.4 Å². The molecule has 0 aliphatic carbocycles. The first-order valence-corrected chi connectivity index (χ1v) is 7.15. The Labute approximate surface area is 101 Å². The number of alkyl halides is 3. The van der Waals surface area contributed by atoms with E-state index >= 15 is 0 Å². The molecule has 0 radical (unpaired) electrons. The molecule has 0 fully saturated rings. The SMILES string of the molecule is O=S(=O)(OCCCCc1ccsc1)C(F)(F)F. The van der Waals surface area contributed by atoms with Crippen LogP contribution in [0.4, 0.5) is 13.2 Å². The van der Waals surface area contributed by atoms with E-state index in [2.05, 4.69) is 4.18 Å². The summed E-state index contributed by atoms with van der Waals surface area (Å²) in [5, 5.41) is 3.84. The van der Waals surface area contributed by atoms with Gasteiger partial charge in [0.1, 0.15) is 0 Å². The largest absolute Gasteiger partial charge is 0.523 e. The van der Waals surface area contributed by atoms with Crippen LogP contribution in [0, 0.1) is 0 Å². The molecule has 1 rings (SSSR count). The predicted molar refractivity (Wildman–Crippen MR) is 58.2 cm³/mol. The summed E-state index contributed by atoms with van der Waals surface area (Å²) < 4.78 is 60.4. The van der Waals surface area contributed by atoms with Crippen molar-refractivity contribution in [2.45, 2.75) is 24.8 Å². The van der Waals surface area contributed by atoms with Crippen LogP contribution < -0.4 is 0 Å². The first-order chi connectivity index (χ1) is 7.83. The standard InChI is InChI=1S/C9H11F3O3S2/c10-9(11,12)17(13,14)15-5-2-1-3-8-4-6-16-7-8/h4,6-7H,1-3,5H2. The zero-order chi connectivity index (χ0) is 12.9. The molecule has 0 unspecified atom stereocenters. The van der Waals surface area contributed by atoms with Crippen molar-refractivity contribution < 1.29 is 25.8 Å². The van der Waals surface area contributed by atoms with Gasteiger partial charge < -0.3 is 0 Å². The average Bonchev–Trinajstić information content (AvgIpc) is 2.68. The highest BCUT2D eigenvalue weighted by Gasteiger charge is 2.47. The number of halogens is 3. The summed E-state index contributed by atoms with van der Waals surface area (Å²) in [5.74, 6) is 0. The fourth-order valence-corrected chi connectivity index (χ4v) is 2.28. The van der Waals surface area contributed by atoms with Crippen molar-refractivity contribution >= 4 is 21.5 Å². The van der Waals surface area contributed by atoms with Gasteiger partial charge in [0, 0.05) is 0 Å². The smallest absolute Gasteiger partial charge is 0.263 e. The zero-order valence-electron chi connectivity index (χ0n) is 8.74. The van der Waals surface area contributed by atoms with Crippen molar-refractivity contribution in [2.75, 3.05) is 6.61 Å². The second-order valence-electron chi connectivity index (χ2n) is 3.31. The van der Waals surface area contributed by atoms with E-state index in [-0.39, 0.29) is 6.42 Å². The Hall–Kier alpha value is -0.600. The van der Waals surface area contributed by atoms with Crippen LogP contribution in [-0.2, 0) is 20.7 Å². The number of aryl methyl sites for hydroxylation is 1. The Morgan fingerprint density at radius 1 is 1.29 bits per heavy atom. The Morgan fingerprint density at radius 3 is 2.53 bits per heavy atom. The van der Waals surface area contributed by atoms with Crippen LogP contribution >= 0.6 is 11.3 Å². The van der Waals surface area contributed by atoms with Crippen LogP contribution in [0.1, 0.15) is 18.4 Å². The van der Waals surface area contributed by atoms with Crippen molar-refractivity contribution in [3.63, 3.8) is 0 Å². The van der Waals surface area contributed by atoms with E-state index < -0.39 is 22.2 Å². The molecule has 0 N–H and O–H groups in total. The van der Waals surface area contributed by atoms with E-state index in [4.69, 9.17) is 0 Å². The average molecular weight is 288 g/mol. The van der Waals surface area contributed by atoms with Gasteiger partial charge in [-0.25, -0.2) is 0 Å². The third-order valence-electron chi connectivity index (χ3n) is 1.96. The van der Waals surface area contributed by atoms with Crippen LogP contribution in [0.5, 0.6) is 0 Å². The first-order valence-electron chi connectivity index (χ1n) is 4.80. The lowest BCUT2D eigenvalue weighted by molar-refractivity contribution is -0.0542. The van der Waals surface area contributed by atoms with E-state index in [1.54, 1.807) is 0 Å². The van der Waals surface area contributed by atoms with Crippen LogP contribution in [-0.4, -0.2) is 20.5 Å². The quantitative estimate of drug-likeness (QED) is 0.459. The van der Waals surface area contributed by atoms with Gasteiger partial charge >= 0.3 is 15.6 Å². The summed E-state index contributed by atoms with van der Waals surface area (Å²) in [6.45, 7) is -0.439. The van der Waals surface area contributed by atoms with Gasteiger partial charge in [-0.05, 0) is 41.7 Å². The number of hydrogen-bond donors (Lipinski definition) is 0. The van der Waals surface area contributed by atoms with E-state index in [9.17, 15) is 21.6 Å². The van der Waals surface area contributed by atoms with E-state index in [0.717, 1.165) is 5.56 Å². The van der Waals surface area contributed by atoms with Crippen molar-refractivity contribution in [3.05, 3.63) is 22.4 Å². The second kappa shape index (κ2) is 5.83. The molecule has 0 aromatic carbocycles. The Balaban J connectivity index is 2.21. The van der Waals surface area contributed by atoms with Gasteiger partial charge in [0.05, 0.1) is 6.61 Å². The molecule has 0 aliphatic heterocycles. The minimum atomic E-state index is -5.43. The minimum Gasteiger partial charge on any atom is -0.263 e. The van der Waals surface area contributed by atoms with Crippen LogP contribution in [0.15, 0.2) is 16.8 Å². The summed E-state index contributed by atoms with van der Waals surface area (Å²) in [6.07, 6.45) is 1.56. The van der Waals surface area contributed by atoms with Gasteiger partial charge in [-0.1, -0.05) is 0 Å². The van der Waals surface area contributed by atoms with Gasteiger partial charge in [-0.2, -0.15) is 32.9 Å². The maximum atomic E-state index is 11.9. The van der Waals surface area contributed by atoms with E-state index in [0.29, 0.717) is 12.8 Å². The molecule has 0 bridgehead atoms. The Bertz CT molecular complexity index is 423. The van der Waals surface area contributed by atoms with Gasteiger partial charge in [0.2, 0.25) is 0 Å². The van der Waals surface area contributed by atoms with Crippen LogP contribution in [0.2, 0.25) is 0 Å². The van der Waals surface area contributed by atoms with Gasteiger partial charge in [0.25, 0.3) is 0 Å². The molecule has 0 atom stereocenters. The molecular weight excluding hydrogens is 277 g/mol. The summed E-state index contributed by atoms with van der Waals surface area (Å²) >= 11 is 1.54. The van der Waals surface area contributed by atoms with Crippen LogP contribution in [0.3, 0.4) is 0 Å². The highest BCUT2D eigenvalue weighted by Crippen LogP contribution is 2.24. The Morgan fingerprint density at radius 2 is 2.00 bits per heavy atom. The molecule has 1 heterocycles. The molecule has 1 aromatic rings. The summed E-state index contributed by atoms with van der Waals surface area (Å²) in [6, 6.07) is 1.91. The first kappa shape index (κ1) is 14.5. The Kier molecular flexibility index (Phi) is 4.96. The van der Waals surface area contributed by atoms with Crippen molar-refractivity contribution in [2.24, 2.45) is 0 Å². The number of hydrogen-bond acceptors (Lipinski definition) is 4.